The van der Waals surface area contributed by atoms with Gasteiger partial charge in [0, 0.05) is 18.2 Å². The van der Waals surface area contributed by atoms with Crippen LogP contribution in [0.15, 0.2) is 40.1 Å². The number of rotatable bonds is 5. The monoisotopic (exact) mass is 391 g/mol. The Balaban J connectivity index is 1.75. The maximum Gasteiger partial charge on any atom is 0.328 e. The number of aromatic nitrogens is 2. The standard InChI is InChI=1S/C19H22ClN3O4/c20-15-7-6-12(11-23-9-8-16(24)21-19(23)27)10-14(15)18(26)22-17(25)13-4-2-1-3-5-13/h6-10,13,17,25H,1-5,11H2,(H,22,26)(H,21,24,27). The number of aromatic amines is 1. The molecule has 2 aromatic rings. The van der Waals surface area contributed by atoms with Crippen molar-refractivity contribution in [3.63, 3.8) is 0 Å². The summed E-state index contributed by atoms with van der Waals surface area (Å²) in [7, 11) is 0. The van der Waals surface area contributed by atoms with Gasteiger partial charge in [0.25, 0.3) is 11.5 Å². The predicted molar refractivity (Wildman–Crippen MR) is 102 cm³/mol. The molecule has 1 atom stereocenters. The summed E-state index contributed by atoms with van der Waals surface area (Å²) in [4.78, 5) is 37.7. The van der Waals surface area contributed by atoms with Crippen molar-refractivity contribution in [2.24, 2.45) is 5.92 Å². The third-order valence-corrected chi connectivity index (χ3v) is 5.23. The fourth-order valence-corrected chi connectivity index (χ4v) is 3.59. The van der Waals surface area contributed by atoms with E-state index in [2.05, 4.69) is 10.3 Å². The number of hydrogen-bond donors (Lipinski definition) is 3. The molecule has 8 heteroatoms. The number of hydrogen-bond acceptors (Lipinski definition) is 4. The molecule has 3 N–H and O–H groups in total. The number of benzene rings is 1. The highest BCUT2D eigenvalue weighted by atomic mass is 35.5. The normalized spacial score (nSPS) is 16.1. The molecule has 0 bridgehead atoms. The molecule has 0 spiro atoms. The van der Waals surface area contributed by atoms with E-state index in [4.69, 9.17) is 11.6 Å². The van der Waals surface area contributed by atoms with Gasteiger partial charge < -0.3 is 10.4 Å². The zero-order valence-electron chi connectivity index (χ0n) is 14.8. The minimum Gasteiger partial charge on any atom is -0.373 e. The molecule has 27 heavy (non-hydrogen) atoms. The molecule has 1 fully saturated rings. The van der Waals surface area contributed by atoms with Crippen LogP contribution in [0.4, 0.5) is 0 Å². The number of nitrogens with one attached hydrogen (secondary N) is 2. The maximum absolute atomic E-state index is 12.6. The van der Waals surface area contributed by atoms with Crippen LogP contribution in [0.2, 0.25) is 5.02 Å². The Morgan fingerprint density at radius 3 is 2.70 bits per heavy atom. The molecule has 0 saturated heterocycles. The number of aliphatic hydroxyl groups excluding tert-OH is 1. The summed E-state index contributed by atoms with van der Waals surface area (Å²) in [6.07, 6.45) is 5.55. The van der Waals surface area contributed by atoms with Crippen molar-refractivity contribution < 1.29 is 9.90 Å². The number of halogens is 1. The van der Waals surface area contributed by atoms with E-state index in [1.54, 1.807) is 18.2 Å². The SMILES string of the molecule is O=C(NC(O)C1CCCCC1)c1cc(Cn2ccc(=O)[nH]c2=O)ccc1Cl. The lowest BCUT2D eigenvalue weighted by Gasteiger charge is -2.27. The molecule has 0 radical (unpaired) electrons. The first-order valence-electron chi connectivity index (χ1n) is 9.01. The van der Waals surface area contributed by atoms with Crippen molar-refractivity contribution in [2.45, 2.75) is 44.9 Å². The summed E-state index contributed by atoms with van der Waals surface area (Å²) >= 11 is 6.16. The van der Waals surface area contributed by atoms with Crippen molar-refractivity contribution in [1.29, 1.82) is 0 Å². The van der Waals surface area contributed by atoms with Crippen LogP contribution in [0, 0.1) is 5.92 Å². The third-order valence-electron chi connectivity index (χ3n) is 4.90. The van der Waals surface area contributed by atoms with E-state index in [-0.39, 0.29) is 23.0 Å². The fourth-order valence-electron chi connectivity index (χ4n) is 3.39. The lowest BCUT2D eigenvalue weighted by molar-refractivity contribution is 0.0463. The molecule has 1 amide bonds. The Morgan fingerprint density at radius 1 is 1.26 bits per heavy atom. The molecular weight excluding hydrogens is 370 g/mol. The lowest BCUT2D eigenvalue weighted by Crippen LogP contribution is -2.41. The molecule has 1 aliphatic carbocycles. The van der Waals surface area contributed by atoms with E-state index in [0.29, 0.717) is 5.56 Å². The van der Waals surface area contributed by atoms with E-state index in [1.165, 1.54) is 16.8 Å². The van der Waals surface area contributed by atoms with Gasteiger partial charge in [-0.3, -0.25) is 19.1 Å². The van der Waals surface area contributed by atoms with Gasteiger partial charge in [-0.1, -0.05) is 36.9 Å². The largest absolute Gasteiger partial charge is 0.373 e. The van der Waals surface area contributed by atoms with Crippen LogP contribution in [0.1, 0.15) is 48.0 Å². The summed E-state index contributed by atoms with van der Waals surface area (Å²) in [5.74, 6) is -0.391. The Bertz CT molecular complexity index is 931. The highest BCUT2D eigenvalue weighted by Gasteiger charge is 2.24. The Hall–Kier alpha value is -2.38. The maximum atomic E-state index is 12.6. The van der Waals surface area contributed by atoms with Crippen LogP contribution in [0.25, 0.3) is 0 Å². The molecular formula is C19H22ClN3O4. The van der Waals surface area contributed by atoms with Crippen molar-refractivity contribution in [3.8, 4) is 0 Å². The number of carbonyl (C=O) groups excluding carboxylic acids is 1. The quantitative estimate of drug-likeness (QED) is 0.676. The number of amides is 1. The van der Waals surface area contributed by atoms with Crippen LogP contribution >= 0.6 is 11.6 Å². The van der Waals surface area contributed by atoms with E-state index in [9.17, 15) is 19.5 Å². The average molecular weight is 392 g/mol. The van der Waals surface area contributed by atoms with Crippen molar-refractivity contribution in [1.82, 2.24) is 14.9 Å². The summed E-state index contributed by atoms with van der Waals surface area (Å²) in [5.41, 5.74) is -0.0901. The first-order chi connectivity index (χ1) is 12.9. The van der Waals surface area contributed by atoms with Gasteiger partial charge in [0.05, 0.1) is 17.1 Å². The molecule has 7 nitrogen and oxygen atoms in total. The Morgan fingerprint density at radius 2 is 2.00 bits per heavy atom. The first kappa shape index (κ1) is 19.4. The average Bonchev–Trinajstić information content (AvgIpc) is 2.66. The van der Waals surface area contributed by atoms with Crippen LogP contribution in [-0.2, 0) is 6.54 Å². The van der Waals surface area contributed by atoms with Crippen LogP contribution in [0.3, 0.4) is 0 Å². The second-order valence-corrected chi connectivity index (χ2v) is 7.28. The number of carbonyl (C=O) groups is 1. The topological polar surface area (TPSA) is 104 Å². The molecule has 1 unspecified atom stereocenters. The van der Waals surface area contributed by atoms with Crippen LogP contribution in [0.5, 0.6) is 0 Å². The molecule has 1 aliphatic rings. The second kappa shape index (κ2) is 8.54. The van der Waals surface area contributed by atoms with Crippen LogP contribution < -0.4 is 16.6 Å². The van der Waals surface area contributed by atoms with Crippen molar-refractivity contribution >= 4 is 17.5 Å². The summed E-state index contributed by atoms with van der Waals surface area (Å²) < 4.78 is 1.32. The summed E-state index contributed by atoms with van der Waals surface area (Å²) in [6, 6.07) is 6.12. The number of nitrogens with zero attached hydrogens (tertiary/aromatic N) is 1. The van der Waals surface area contributed by atoms with Crippen LogP contribution in [-0.4, -0.2) is 26.8 Å². The predicted octanol–water partition coefficient (Wildman–Crippen LogP) is 1.87. The highest BCUT2D eigenvalue weighted by molar-refractivity contribution is 6.33. The van der Waals surface area contributed by atoms with Gasteiger partial charge in [-0.05, 0) is 30.5 Å². The zero-order chi connectivity index (χ0) is 19.4. The molecule has 1 heterocycles. The minimum atomic E-state index is -0.903. The fraction of sp³-hybridized carbons (Fsp3) is 0.421. The van der Waals surface area contributed by atoms with Gasteiger partial charge in [0.15, 0.2) is 0 Å². The van der Waals surface area contributed by atoms with Gasteiger partial charge in [-0.2, -0.15) is 0 Å². The zero-order valence-corrected chi connectivity index (χ0v) is 15.5. The van der Waals surface area contributed by atoms with Gasteiger partial charge in [0.2, 0.25) is 0 Å². The molecule has 3 rings (SSSR count). The van der Waals surface area contributed by atoms with E-state index in [0.717, 1.165) is 32.1 Å². The first-order valence-corrected chi connectivity index (χ1v) is 9.39. The summed E-state index contributed by atoms with van der Waals surface area (Å²) in [6.45, 7) is 0.179. The summed E-state index contributed by atoms with van der Waals surface area (Å²) in [5, 5.41) is 13.2. The van der Waals surface area contributed by atoms with Gasteiger partial charge in [-0.25, -0.2) is 4.79 Å². The van der Waals surface area contributed by atoms with Crippen molar-refractivity contribution in [3.05, 3.63) is 67.4 Å². The van der Waals surface area contributed by atoms with Gasteiger partial charge in [0.1, 0.15) is 6.23 Å². The Kier molecular flexibility index (Phi) is 6.13. The van der Waals surface area contributed by atoms with Crippen molar-refractivity contribution in [2.75, 3.05) is 0 Å². The highest BCUT2D eigenvalue weighted by Crippen LogP contribution is 2.26. The Labute approximate surface area is 161 Å². The number of aliphatic hydroxyl groups is 1. The molecule has 0 aliphatic heterocycles. The van der Waals surface area contributed by atoms with Gasteiger partial charge in [-0.15, -0.1) is 0 Å². The molecule has 1 saturated carbocycles. The van der Waals surface area contributed by atoms with Gasteiger partial charge >= 0.3 is 5.69 Å². The number of H-pyrrole nitrogens is 1. The van der Waals surface area contributed by atoms with E-state index < -0.39 is 23.4 Å². The molecule has 1 aromatic carbocycles. The molecule has 1 aromatic heterocycles. The van der Waals surface area contributed by atoms with E-state index >= 15 is 0 Å². The smallest absolute Gasteiger partial charge is 0.328 e. The molecule has 144 valence electrons. The lowest BCUT2D eigenvalue weighted by atomic mass is 9.88. The minimum absolute atomic E-state index is 0.0596. The van der Waals surface area contributed by atoms with E-state index in [1.807, 2.05) is 0 Å². The second-order valence-electron chi connectivity index (χ2n) is 6.87. The third kappa shape index (κ3) is 4.87.